The van der Waals surface area contributed by atoms with Gasteiger partial charge >= 0.3 is 0 Å². The summed E-state index contributed by atoms with van der Waals surface area (Å²) in [5, 5.41) is 0. The fourth-order valence-electron chi connectivity index (χ4n) is 1.87. The van der Waals surface area contributed by atoms with E-state index in [2.05, 4.69) is 15.0 Å². The van der Waals surface area contributed by atoms with E-state index in [9.17, 15) is 9.59 Å². The summed E-state index contributed by atoms with van der Waals surface area (Å²) in [6.07, 6.45) is 2.67. The summed E-state index contributed by atoms with van der Waals surface area (Å²) in [6.45, 7) is 0.0644. The molecule has 0 unspecified atom stereocenters. The van der Waals surface area contributed by atoms with Crippen molar-refractivity contribution in [1.29, 1.82) is 0 Å². The van der Waals surface area contributed by atoms with Crippen molar-refractivity contribution in [3.05, 3.63) is 53.9 Å². The minimum Gasteiger partial charge on any atom is -0.269 e. The van der Waals surface area contributed by atoms with E-state index in [1.54, 1.807) is 24.3 Å². The number of carbonyl (C=O) groups excluding carboxylic acids is 2. The number of hydrogen-bond acceptors (Lipinski definition) is 5. The number of rotatable bonds is 2. The normalized spacial score (nSPS) is 13.9. The molecular weight excluding hydrogens is 232 g/mol. The Balaban J connectivity index is 1.93. The van der Waals surface area contributed by atoms with Gasteiger partial charge in [0.05, 0.1) is 17.7 Å². The minimum atomic E-state index is -0.309. The summed E-state index contributed by atoms with van der Waals surface area (Å²) >= 11 is 0. The van der Waals surface area contributed by atoms with Gasteiger partial charge in [-0.2, -0.15) is 0 Å². The van der Waals surface area contributed by atoms with E-state index < -0.39 is 0 Å². The zero-order valence-corrected chi connectivity index (χ0v) is 9.28. The second-order valence-electron chi connectivity index (χ2n) is 3.80. The monoisotopic (exact) mass is 240 g/mol. The van der Waals surface area contributed by atoms with Crippen molar-refractivity contribution in [1.82, 2.24) is 19.9 Å². The summed E-state index contributed by atoms with van der Waals surface area (Å²) in [5.41, 5.74) is 0.855. The van der Waals surface area contributed by atoms with Gasteiger partial charge in [-0.05, 0) is 12.1 Å². The molecule has 2 heterocycles. The van der Waals surface area contributed by atoms with Gasteiger partial charge in [0, 0.05) is 0 Å². The lowest BCUT2D eigenvalue weighted by molar-refractivity contribution is 0.0638. The average molecular weight is 240 g/mol. The maximum Gasteiger partial charge on any atom is 0.261 e. The van der Waals surface area contributed by atoms with E-state index in [0.29, 0.717) is 17.0 Å². The summed E-state index contributed by atoms with van der Waals surface area (Å²) in [5.74, 6) is -0.230. The second kappa shape index (κ2) is 3.99. The minimum absolute atomic E-state index is 0.0644. The van der Waals surface area contributed by atoms with Crippen LogP contribution in [-0.4, -0.2) is 31.7 Å². The van der Waals surface area contributed by atoms with Crippen molar-refractivity contribution in [2.24, 2.45) is 0 Å². The molecule has 0 bridgehead atoms. The zero-order valence-electron chi connectivity index (χ0n) is 9.28. The zero-order chi connectivity index (χ0) is 12.5. The number of nitrogens with zero attached hydrogens (tertiary/aromatic N) is 4. The Hall–Kier alpha value is -2.63. The third-order valence-corrected chi connectivity index (χ3v) is 2.72. The summed E-state index contributed by atoms with van der Waals surface area (Å²) in [6, 6.07) is 6.75. The summed E-state index contributed by atoms with van der Waals surface area (Å²) in [7, 11) is 0. The van der Waals surface area contributed by atoms with Gasteiger partial charge in [-0.1, -0.05) is 12.1 Å². The lowest BCUT2D eigenvalue weighted by atomic mass is 10.1. The van der Waals surface area contributed by atoms with Crippen LogP contribution in [0.3, 0.4) is 0 Å². The highest BCUT2D eigenvalue weighted by molar-refractivity contribution is 6.21. The van der Waals surface area contributed by atoms with Crippen LogP contribution in [0.5, 0.6) is 0 Å². The topological polar surface area (TPSA) is 76.1 Å². The van der Waals surface area contributed by atoms with E-state index in [0.717, 1.165) is 4.90 Å². The average Bonchev–Trinajstić information content (AvgIpc) is 2.66. The van der Waals surface area contributed by atoms with Crippen LogP contribution in [0.15, 0.2) is 36.9 Å². The first-order valence-corrected chi connectivity index (χ1v) is 5.33. The van der Waals surface area contributed by atoms with Gasteiger partial charge in [-0.3, -0.25) is 14.5 Å². The molecule has 0 aliphatic carbocycles. The number of benzene rings is 1. The molecule has 1 aromatic heterocycles. The van der Waals surface area contributed by atoms with Crippen molar-refractivity contribution in [2.45, 2.75) is 6.54 Å². The molecule has 2 aromatic rings. The van der Waals surface area contributed by atoms with Gasteiger partial charge in [-0.15, -0.1) is 0 Å². The molecule has 0 atom stereocenters. The molecule has 0 radical (unpaired) electrons. The molecule has 0 fully saturated rings. The predicted molar refractivity (Wildman–Crippen MR) is 60.5 cm³/mol. The van der Waals surface area contributed by atoms with Gasteiger partial charge in [0.1, 0.15) is 12.7 Å². The highest BCUT2D eigenvalue weighted by Crippen LogP contribution is 2.23. The fraction of sp³-hybridized carbons (Fsp3) is 0.0833. The van der Waals surface area contributed by atoms with Gasteiger partial charge in [-0.25, -0.2) is 15.0 Å². The third kappa shape index (κ3) is 1.55. The standard InChI is InChI=1S/C12H8N4O2/c17-11-8-3-1-2-4-9(8)12(18)16(11)5-10-14-6-13-7-15-10/h1-4,6-7H,5H2. The second-order valence-corrected chi connectivity index (χ2v) is 3.80. The Morgan fingerprint density at radius 2 is 1.50 bits per heavy atom. The first-order valence-electron chi connectivity index (χ1n) is 5.33. The number of amides is 2. The first-order chi connectivity index (χ1) is 8.77. The van der Waals surface area contributed by atoms with Crippen molar-refractivity contribution in [3.8, 4) is 0 Å². The van der Waals surface area contributed by atoms with Crippen molar-refractivity contribution in [2.75, 3.05) is 0 Å². The lowest BCUT2D eigenvalue weighted by Crippen LogP contribution is -2.29. The van der Waals surface area contributed by atoms with E-state index in [1.807, 2.05) is 0 Å². The molecule has 2 amide bonds. The Kier molecular flexibility index (Phi) is 2.33. The third-order valence-electron chi connectivity index (χ3n) is 2.72. The van der Waals surface area contributed by atoms with Gasteiger partial charge in [0.25, 0.3) is 11.8 Å². The Morgan fingerprint density at radius 1 is 0.944 bits per heavy atom. The quantitative estimate of drug-likeness (QED) is 0.721. The number of carbonyl (C=O) groups is 2. The molecule has 88 valence electrons. The van der Waals surface area contributed by atoms with Crippen LogP contribution in [0.1, 0.15) is 26.5 Å². The molecular formula is C12H8N4O2. The van der Waals surface area contributed by atoms with Crippen LogP contribution >= 0.6 is 0 Å². The number of hydrogen-bond donors (Lipinski definition) is 0. The number of fused-ring (bicyclic) bond motifs is 1. The maximum absolute atomic E-state index is 12.0. The van der Waals surface area contributed by atoms with E-state index in [4.69, 9.17) is 0 Å². The van der Waals surface area contributed by atoms with Crippen LogP contribution in [0, 0.1) is 0 Å². The van der Waals surface area contributed by atoms with Gasteiger partial charge in [0.15, 0.2) is 5.82 Å². The molecule has 0 spiro atoms. The molecule has 0 saturated carbocycles. The number of aromatic nitrogens is 3. The van der Waals surface area contributed by atoms with Crippen molar-refractivity contribution < 1.29 is 9.59 Å². The van der Waals surface area contributed by atoms with Crippen LogP contribution < -0.4 is 0 Å². The van der Waals surface area contributed by atoms with E-state index >= 15 is 0 Å². The largest absolute Gasteiger partial charge is 0.269 e. The molecule has 0 saturated heterocycles. The SMILES string of the molecule is O=C1c2ccccc2C(=O)N1Cc1ncncn1. The van der Waals surface area contributed by atoms with Crippen LogP contribution in [0.2, 0.25) is 0 Å². The summed E-state index contributed by atoms with van der Waals surface area (Å²) < 4.78 is 0. The Morgan fingerprint density at radius 3 is 2.06 bits per heavy atom. The fourth-order valence-corrected chi connectivity index (χ4v) is 1.87. The highest BCUT2D eigenvalue weighted by Gasteiger charge is 2.35. The van der Waals surface area contributed by atoms with Crippen molar-refractivity contribution in [3.63, 3.8) is 0 Å². The Bertz CT molecular complexity index is 592. The predicted octanol–water partition coefficient (Wildman–Crippen LogP) is 0.668. The first kappa shape index (κ1) is 10.5. The molecule has 1 aromatic carbocycles. The maximum atomic E-state index is 12.0. The Labute approximate surface area is 102 Å². The molecule has 6 heteroatoms. The molecule has 0 N–H and O–H groups in total. The highest BCUT2D eigenvalue weighted by atomic mass is 16.2. The van der Waals surface area contributed by atoms with Crippen LogP contribution in [-0.2, 0) is 6.54 Å². The van der Waals surface area contributed by atoms with Crippen molar-refractivity contribution >= 4 is 11.8 Å². The molecule has 6 nitrogen and oxygen atoms in total. The van der Waals surface area contributed by atoms with Gasteiger partial charge < -0.3 is 0 Å². The van der Waals surface area contributed by atoms with Crippen LogP contribution in [0.25, 0.3) is 0 Å². The number of imide groups is 1. The van der Waals surface area contributed by atoms with Gasteiger partial charge in [0.2, 0.25) is 0 Å². The smallest absolute Gasteiger partial charge is 0.261 e. The molecule has 1 aliphatic rings. The molecule has 1 aliphatic heterocycles. The van der Waals surface area contributed by atoms with Crippen LogP contribution in [0.4, 0.5) is 0 Å². The van der Waals surface area contributed by atoms with E-state index in [1.165, 1.54) is 12.7 Å². The van der Waals surface area contributed by atoms with E-state index in [-0.39, 0.29) is 18.4 Å². The molecule has 3 rings (SSSR count). The summed E-state index contributed by atoms with van der Waals surface area (Å²) in [4.78, 5) is 36.7. The molecule has 18 heavy (non-hydrogen) atoms. The lowest BCUT2D eigenvalue weighted by Gasteiger charge is -2.11.